The number of carbonyl (C=O) groups excluding carboxylic acids is 2. The van der Waals surface area contributed by atoms with Gasteiger partial charge < -0.3 is 49.8 Å². The zero-order chi connectivity index (χ0) is 17.9. The number of aliphatic hydroxyl groups excluding tert-OH is 5. The van der Waals surface area contributed by atoms with Gasteiger partial charge in [-0.1, -0.05) is 0 Å². The molecule has 0 rings (SSSR count). The third-order valence-electron chi connectivity index (χ3n) is 2.44. The molecule has 1 amide bonds. The van der Waals surface area contributed by atoms with Crippen LogP contribution >= 0.6 is 0 Å². The Bertz CT molecular complexity index is 368. The molecule has 0 saturated carbocycles. The summed E-state index contributed by atoms with van der Waals surface area (Å²) in [6.07, 6.45) is -6.72. The Morgan fingerprint density at radius 1 is 1.13 bits per heavy atom. The van der Waals surface area contributed by atoms with Gasteiger partial charge in [-0.15, -0.1) is 0 Å². The molecule has 0 spiro atoms. The largest absolute Gasteiger partial charge is 2.00 e. The van der Waals surface area contributed by atoms with E-state index in [4.69, 9.17) is 42.1 Å². The number of carboxylic acids is 1. The molecule has 0 aliphatic rings. The van der Waals surface area contributed by atoms with Crippen molar-refractivity contribution in [2.24, 2.45) is 11.5 Å². The van der Waals surface area contributed by atoms with Gasteiger partial charge in [0, 0.05) is 6.42 Å². The Hall–Kier alpha value is -0.370. The smallest absolute Gasteiger partial charge is 1.00 e. The minimum atomic E-state index is -1.79. The zero-order valence-electron chi connectivity index (χ0n) is 14.4. The standard InChI is InChI=1S/C6H12O6.C5H10N2O3.Ca.2H/c7-1-3(9)5(11)6(12)4(10)2-8;6-3(5(9)10)1-2-4(7)8;;;/h1,3-6,8-12H,2H2;3H,1-2,6H2,(H2,7,8)(H,9,10);;;/q;;+2;2*-1. The number of hydrogen-bond acceptors (Lipinski definition) is 9. The van der Waals surface area contributed by atoms with Crippen molar-refractivity contribution in [2.75, 3.05) is 6.61 Å². The molecule has 0 radical (unpaired) electrons. The van der Waals surface area contributed by atoms with Crippen LogP contribution in [0, 0.1) is 0 Å². The van der Waals surface area contributed by atoms with E-state index in [1.807, 2.05) is 0 Å². The topological polar surface area (TPSA) is 225 Å². The summed E-state index contributed by atoms with van der Waals surface area (Å²) < 4.78 is 0. The third-order valence-corrected chi connectivity index (χ3v) is 2.44. The molecule has 5 atom stereocenters. The summed E-state index contributed by atoms with van der Waals surface area (Å²) in [7, 11) is 0. The van der Waals surface area contributed by atoms with E-state index in [2.05, 4.69) is 0 Å². The Morgan fingerprint density at radius 3 is 1.91 bits per heavy atom. The maximum Gasteiger partial charge on any atom is 2.00 e. The van der Waals surface area contributed by atoms with Crippen molar-refractivity contribution in [3.05, 3.63) is 0 Å². The molecule has 11 nitrogen and oxygen atoms in total. The summed E-state index contributed by atoms with van der Waals surface area (Å²) in [4.78, 5) is 30.0. The van der Waals surface area contributed by atoms with Crippen LogP contribution in [0.3, 0.4) is 0 Å². The fourth-order valence-corrected chi connectivity index (χ4v) is 1.04. The number of hydrogen-bond donors (Lipinski definition) is 8. The third kappa shape index (κ3) is 13.7. The minimum Gasteiger partial charge on any atom is -1.00 e. The number of amides is 1. The molecular formula is C11H24CaN2O9. The SMILES string of the molecule is NC(=O)CCC(N)C(=O)O.O=CC(O)C(O)C(O)C(O)CO.[Ca+2].[H-].[H-]. The van der Waals surface area contributed by atoms with Crippen LogP contribution in [0.25, 0.3) is 0 Å². The molecule has 0 saturated heterocycles. The molecule has 10 N–H and O–H groups in total. The van der Waals surface area contributed by atoms with Gasteiger partial charge in [0.1, 0.15) is 30.5 Å². The van der Waals surface area contributed by atoms with Crippen LogP contribution in [0.1, 0.15) is 15.7 Å². The predicted molar refractivity (Wildman–Crippen MR) is 79.2 cm³/mol. The maximum atomic E-state index is 10.1. The van der Waals surface area contributed by atoms with Crippen LogP contribution in [0.2, 0.25) is 0 Å². The molecule has 0 fully saturated rings. The fraction of sp³-hybridized carbons (Fsp3) is 0.727. The molecule has 5 unspecified atom stereocenters. The van der Waals surface area contributed by atoms with Gasteiger partial charge in [0.25, 0.3) is 0 Å². The van der Waals surface area contributed by atoms with E-state index in [0.29, 0.717) is 0 Å². The Labute approximate surface area is 164 Å². The molecule has 0 aromatic rings. The van der Waals surface area contributed by atoms with Crippen molar-refractivity contribution < 1.29 is 47.9 Å². The number of aliphatic carboxylic acids is 1. The second kappa shape index (κ2) is 15.2. The number of carboxylic acid groups (broad SMARTS) is 1. The van der Waals surface area contributed by atoms with Gasteiger partial charge in [0.2, 0.25) is 5.91 Å². The van der Waals surface area contributed by atoms with Crippen molar-refractivity contribution >= 4 is 55.9 Å². The van der Waals surface area contributed by atoms with E-state index >= 15 is 0 Å². The fourth-order valence-electron chi connectivity index (χ4n) is 1.04. The first-order chi connectivity index (χ1) is 10.1. The average Bonchev–Trinajstić information content (AvgIpc) is 2.49. The van der Waals surface area contributed by atoms with E-state index in [1.165, 1.54) is 0 Å². The first-order valence-electron chi connectivity index (χ1n) is 6.13. The van der Waals surface area contributed by atoms with E-state index < -0.39 is 48.9 Å². The summed E-state index contributed by atoms with van der Waals surface area (Å²) in [5.74, 6) is -1.64. The summed E-state index contributed by atoms with van der Waals surface area (Å²) in [5, 5.41) is 51.8. The first-order valence-corrected chi connectivity index (χ1v) is 6.13. The minimum absolute atomic E-state index is 0. The van der Waals surface area contributed by atoms with Gasteiger partial charge in [-0.05, 0) is 6.42 Å². The van der Waals surface area contributed by atoms with E-state index in [1.54, 1.807) is 0 Å². The van der Waals surface area contributed by atoms with E-state index in [9.17, 15) is 14.4 Å². The van der Waals surface area contributed by atoms with Gasteiger partial charge in [0.15, 0.2) is 6.29 Å². The molecule has 0 aliphatic carbocycles. The van der Waals surface area contributed by atoms with Gasteiger partial charge in [-0.3, -0.25) is 9.59 Å². The quantitative estimate of drug-likeness (QED) is 0.143. The van der Waals surface area contributed by atoms with Crippen LogP contribution in [-0.4, -0.2) is 124 Å². The van der Waals surface area contributed by atoms with Gasteiger partial charge in [-0.2, -0.15) is 0 Å². The summed E-state index contributed by atoms with van der Waals surface area (Å²) >= 11 is 0. The number of aliphatic hydroxyl groups is 5. The predicted octanol–water partition coefficient (Wildman–Crippen LogP) is -4.87. The van der Waals surface area contributed by atoms with Gasteiger partial charge in [0.05, 0.1) is 6.61 Å². The normalized spacial score (nSPS) is 16.4. The number of carbonyl (C=O) groups is 3. The molecule has 0 aromatic carbocycles. The Balaban J connectivity index is -0.0000000964. The maximum absolute atomic E-state index is 10.1. The van der Waals surface area contributed by atoms with Crippen molar-refractivity contribution in [2.45, 2.75) is 43.3 Å². The molecule has 0 heterocycles. The summed E-state index contributed by atoms with van der Waals surface area (Å²) in [6.45, 7) is -0.760. The summed E-state index contributed by atoms with van der Waals surface area (Å²) in [5.41, 5.74) is 9.81. The van der Waals surface area contributed by atoms with Crippen molar-refractivity contribution in [3.63, 3.8) is 0 Å². The second-order valence-electron chi connectivity index (χ2n) is 4.31. The van der Waals surface area contributed by atoms with Crippen LogP contribution in [-0.2, 0) is 14.4 Å². The molecule has 134 valence electrons. The first kappa shape index (κ1) is 27.5. The molecular weight excluding hydrogens is 344 g/mol. The number of nitrogens with two attached hydrogens (primary N) is 2. The average molecular weight is 368 g/mol. The van der Waals surface area contributed by atoms with E-state index in [0.717, 1.165) is 0 Å². The number of rotatable bonds is 9. The second-order valence-corrected chi connectivity index (χ2v) is 4.31. The zero-order valence-corrected chi connectivity index (χ0v) is 14.6. The Kier molecular flexibility index (Phi) is 18.1. The summed E-state index contributed by atoms with van der Waals surface area (Å²) in [6, 6.07) is -0.979. The van der Waals surface area contributed by atoms with Crippen molar-refractivity contribution in [3.8, 4) is 0 Å². The molecule has 23 heavy (non-hydrogen) atoms. The number of aldehydes is 1. The van der Waals surface area contributed by atoms with Gasteiger partial charge in [-0.25, -0.2) is 0 Å². The van der Waals surface area contributed by atoms with Gasteiger partial charge >= 0.3 is 43.7 Å². The van der Waals surface area contributed by atoms with Crippen LogP contribution in [0.5, 0.6) is 0 Å². The molecule has 0 bridgehead atoms. The monoisotopic (exact) mass is 368 g/mol. The van der Waals surface area contributed by atoms with Crippen LogP contribution < -0.4 is 11.5 Å². The molecule has 0 aliphatic heterocycles. The van der Waals surface area contributed by atoms with E-state index in [-0.39, 0.29) is 59.7 Å². The number of primary amides is 1. The Morgan fingerprint density at radius 2 is 1.61 bits per heavy atom. The van der Waals surface area contributed by atoms with Crippen molar-refractivity contribution in [1.82, 2.24) is 0 Å². The van der Waals surface area contributed by atoms with Crippen LogP contribution in [0.15, 0.2) is 0 Å². The molecule has 12 heteroatoms. The van der Waals surface area contributed by atoms with Crippen molar-refractivity contribution in [1.29, 1.82) is 0 Å². The van der Waals surface area contributed by atoms with Crippen LogP contribution in [0.4, 0.5) is 0 Å². The molecule has 0 aromatic heterocycles.